The molecule has 2 aliphatic rings. The predicted octanol–water partition coefficient (Wildman–Crippen LogP) is 3.53. The summed E-state index contributed by atoms with van der Waals surface area (Å²) in [7, 11) is 0. The van der Waals surface area contributed by atoms with Gasteiger partial charge >= 0.3 is 0 Å². The lowest BCUT2D eigenvalue weighted by molar-refractivity contribution is -0.130. The minimum atomic E-state index is -0.405. The van der Waals surface area contributed by atoms with Gasteiger partial charge in [0.1, 0.15) is 0 Å². The zero-order valence-corrected chi connectivity index (χ0v) is 14.6. The van der Waals surface area contributed by atoms with Crippen LogP contribution >= 0.6 is 11.8 Å². The molecule has 0 spiro atoms. The summed E-state index contributed by atoms with van der Waals surface area (Å²) in [5.41, 5.74) is 0.724. The normalized spacial score (nSPS) is 21.2. The van der Waals surface area contributed by atoms with Gasteiger partial charge in [-0.15, -0.1) is 0 Å². The van der Waals surface area contributed by atoms with Crippen molar-refractivity contribution in [2.24, 2.45) is 0 Å². The summed E-state index contributed by atoms with van der Waals surface area (Å²) in [5, 5.41) is 4.02. The van der Waals surface area contributed by atoms with Crippen molar-refractivity contribution < 1.29 is 9.53 Å². The number of benzene rings is 1. The lowest BCUT2D eigenvalue weighted by atomic mass is 9.73. The van der Waals surface area contributed by atoms with E-state index in [0.717, 1.165) is 36.0 Å². The first kappa shape index (κ1) is 16.8. The third-order valence-electron chi connectivity index (χ3n) is 5.15. The van der Waals surface area contributed by atoms with Crippen molar-refractivity contribution in [2.75, 3.05) is 25.5 Å². The van der Waals surface area contributed by atoms with Gasteiger partial charge in [-0.2, -0.15) is 11.8 Å². The molecule has 0 bridgehead atoms. The monoisotopic (exact) mass is 333 g/mol. The summed E-state index contributed by atoms with van der Waals surface area (Å²) >= 11 is 2.03. The van der Waals surface area contributed by atoms with Gasteiger partial charge in [0.15, 0.2) is 0 Å². The highest BCUT2D eigenvalue weighted by molar-refractivity contribution is 7.99. The largest absolute Gasteiger partial charge is 0.381 e. The van der Waals surface area contributed by atoms with Crippen LogP contribution in [0.2, 0.25) is 0 Å². The van der Waals surface area contributed by atoms with Gasteiger partial charge in [-0.05, 0) is 31.2 Å². The Morgan fingerprint density at radius 1 is 1.17 bits per heavy atom. The van der Waals surface area contributed by atoms with Gasteiger partial charge in [0.05, 0.1) is 5.41 Å². The Labute approximate surface area is 143 Å². The quantitative estimate of drug-likeness (QED) is 0.810. The van der Waals surface area contributed by atoms with Crippen LogP contribution < -0.4 is 5.32 Å². The van der Waals surface area contributed by atoms with Gasteiger partial charge in [0, 0.05) is 30.8 Å². The molecule has 126 valence electrons. The molecule has 1 aromatic carbocycles. The Morgan fingerprint density at radius 2 is 1.87 bits per heavy atom. The second-order valence-electron chi connectivity index (χ2n) is 6.59. The maximum Gasteiger partial charge on any atom is 0.230 e. The van der Waals surface area contributed by atoms with E-state index in [1.54, 1.807) is 0 Å². The molecular weight excluding hydrogens is 306 g/mol. The molecule has 1 aliphatic carbocycles. The Bertz CT molecular complexity index is 493. The van der Waals surface area contributed by atoms with E-state index in [9.17, 15) is 4.79 Å². The van der Waals surface area contributed by atoms with Crippen molar-refractivity contribution in [3.8, 4) is 0 Å². The van der Waals surface area contributed by atoms with Gasteiger partial charge in [-0.3, -0.25) is 4.79 Å². The SMILES string of the molecule is O=C(NCCSC1CCCC1)C1(c2ccccc2)CCOCC1. The highest BCUT2D eigenvalue weighted by Crippen LogP contribution is 2.35. The molecule has 3 rings (SSSR count). The van der Waals surface area contributed by atoms with Gasteiger partial charge in [-0.25, -0.2) is 0 Å². The average Bonchev–Trinajstić information content (AvgIpc) is 3.13. The molecular formula is C19H27NO2S. The van der Waals surface area contributed by atoms with Crippen LogP contribution in [0.1, 0.15) is 44.1 Å². The van der Waals surface area contributed by atoms with Crippen molar-refractivity contribution >= 4 is 17.7 Å². The Hall–Kier alpha value is -1.00. The van der Waals surface area contributed by atoms with Gasteiger partial charge in [0.2, 0.25) is 5.91 Å². The van der Waals surface area contributed by atoms with E-state index < -0.39 is 5.41 Å². The van der Waals surface area contributed by atoms with Crippen molar-refractivity contribution in [2.45, 2.75) is 49.2 Å². The number of rotatable bonds is 6. The number of thioether (sulfide) groups is 1. The molecule has 1 heterocycles. The minimum Gasteiger partial charge on any atom is -0.381 e. The van der Waals surface area contributed by atoms with Crippen LogP contribution in [-0.4, -0.2) is 36.7 Å². The molecule has 0 radical (unpaired) electrons. The van der Waals surface area contributed by atoms with Crippen LogP contribution in [0.25, 0.3) is 0 Å². The topological polar surface area (TPSA) is 38.3 Å². The molecule has 0 unspecified atom stereocenters. The van der Waals surface area contributed by atoms with Crippen LogP contribution in [0.4, 0.5) is 0 Å². The van der Waals surface area contributed by atoms with E-state index in [2.05, 4.69) is 17.4 Å². The maximum atomic E-state index is 12.9. The van der Waals surface area contributed by atoms with Crippen LogP contribution in [0, 0.1) is 0 Å². The number of carbonyl (C=O) groups is 1. The van der Waals surface area contributed by atoms with E-state index in [-0.39, 0.29) is 5.91 Å². The van der Waals surface area contributed by atoms with Crippen molar-refractivity contribution in [1.82, 2.24) is 5.32 Å². The number of carbonyl (C=O) groups excluding carboxylic acids is 1. The second kappa shape index (κ2) is 8.20. The molecule has 1 saturated carbocycles. The molecule has 0 atom stereocenters. The van der Waals surface area contributed by atoms with Crippen LogP contribution in [0.15, 0.2) is 30.3 Å². The molecule has 3 nitrogen and oxygen atoms in total. The fourth-order valence-electron chi connectivity index (χ4n) is 3.74. The summed E-state index contributed by atoms with van der Waals surface area (Å²) in [5.74, 6) is 1.21. The first-order chi connectivity index (χ1) is 11.3. The first-order valence-electron chi connectivity index (χ1n) is 8.84. The third-order valence-corrected chi connectivity index (χ3v) is 6.53. The molecule has 1 aromatic rings. The highest BCUT2D eigenvalue weighted by atomic mass is 32.2. The van der Waals surface area contributed by atoms with Crippen molar-refractivity contribution in [3.05, 3.63) is 35.9 Å². The first-order valence-corrected chi connectivity index (χ1v) is 9.89. The third kappa shape index (κ3) is 4.10. The molecule has 1 N–H and O–H groups in total. The van der Waals surface area contributed by atoms with E-state index in [1.807, 2.05) is 30.0 Å². The molecule has 1 aliphatic heterocycles. The number of amides is 1. The van der Waals surface area contributed by atoms with Gasteiger partial charge in [0.25, 0.3) is 0 Å². The lowest BCUT2D eigenvalue weighted by Crippen LogP contribution is -2.48. The number of hydrogen-bond donors (Lipinski definition) is 1. The Morgan fingerprint density at radius 3 is 2.57 bits per heavy atom. The summed E-state index contributed by atoms with van der Waals surface area (Å²) in [6, 6.07) is 10.2. The Kier molecular flexibility index (Phi) is 6.01. The zero-order valence-electron chi connectivity index (χ0n) is 13.8. The number of nitrogens with one attached hydrogen (secondary N) is 1. The second-order valence-corrected chi connectivity index (χ2v) is 8.00. The summed E-state index contributed by atoms with van der Waals surface area (Å²) < 4.78 is 5.51. The van der Waals surface area contributed by atoms with Crippen LogP contribution in [0.3, 0.4) is 0 Å². The van der Waals surface area contributed by atoms with Gasteiger partial charge < -0.3 is 10.1 Å². The van der Waals surface area contributed by atoms with E-state index in [0.29, 0.717) is 13.2 Å². The van der Waals surface area contributed by atoms with E-state index in [1.165, 1.54) is 25.7 Å². The van der Waals surface area contributed by atoms with Crippen molar-refractivity contribution in [3.63, 3.8) is 0 Å². The van der Waals surface area contributed by atoms with Gasteiger partial charge in [-0.1, -0.05) is 43.2 Å². The van der Waals surface area contributed by atoms with Crippen LogP contribution in [-0.2, 0) is 14.9 Å². The van der Waals surface area contributed by atoms with E-state index in [4.69, 9.17) is 4.74 Å². The molecule has 1 saturated heterocycles. The number of hydrogen-bond acceptors (Lipinski definition) is 3. The average molecular weight is 333 g/mol. The predicted molar refractivity (Wildman–Crippen MR) is 95.9 cm³/mol. The standard InChI is InChI=1S/C19H27NO2S/c21-18(20-12-15-23-17-8-4-5-9-17)19(10-13-22-14-11-19)16-6-2-1-3-7-16/h1-3,6-7,17H,4-5,8-15H2,(H,20,21). The smallest absolute Gasteiger partial charge is 0.230 e. The molecule has 0 aromatic heterocycles. The summed E-state index contributed by atoms with van der Waals surface area (Å²) in [6.07, 6.45) is 7.01. The van der Waals surface area contributed by atoms with Crippen molar-refractivity contribution in [1.29, 1.82) is 0 Å². The fourth-order valence-corrected chi connectivity index (χ4v) is 4.96. The zero-order chi connectivity index (χ0) is 16.0. The van der Waals surface area contributed by atoms with E-state index >= 15 is 0 Å². The Balaban J connectivity index is 1.57. The molecule has 1 amide bonds. The van der Waals surface area contributed by atoms with Crippen LogP contribution in [0.5, 0.6) is 0 Å². The lowest BCUT2D eigenvalue weighted by Gasteiger charge is -2.36. The maximum absolute atomic E-state index is 12.9. The molecule has 4 heteroatoms. The molecule has 23 heavy (non-hydrogen) atoms. The fraction of sp³-hybridized carbons (Fsp3) is 0.632. The number of ether oxygens (including phenoxy) is 1. The summed E-state index contributed by atoms with van der Waals surface area (Å²) in [4.78, 5) is 12.9. The summed E-state index contributed by atoms with van der Waals surface area (Å²) in [6.45, 7) is 2.10. The minimum absolute atomic E-state index is 0.180. The highest BCUT2D eigenvalue weighted by Gasteiger charge is 2.41. The molecule has 2 fully saturated rings.